The highest BCUT2D eigenvalue weighted by atomic mass is 127. The summed E-state index contributed by atoms with van der Waals surface area (Å²) in [6, 6.07) is 7.38. The lowest BCUT2D eigenvalue weighted by atomic mass is 10.2. The van der Waals surface area contributed by atoms with Crippen molar-refractivity contribution in [3.8, 4) is 11.4 Å². The molecule has 16 heavy (non-hydrogen) atoms. The largest absolute Gasteiger partial charge is 0.273 e. The maximum atomic E-state index is 11.0. The van der Waals surface area contributed by atoms with Crippen LogP contribution in [0.5, 0.6) is 0 Å². The molecule has 3 N–H and O–H groups in total. The molecule has 2 rings (SSSR count). The van der Waals surface area contributed by atoms with Gasteiger partial charge in [0.1, 0.15) is 0 Å². The van der Waals surface area contributed by atoms with Crippen molar-refractivity contribution in [2.24, 2.45) is 5.14 Å². The van der Waals surface area contributed by atoms with Crippen molar-refractivity contribution in [1.29, 1.82) is 0 Å². The zero-order chi connectivity index (χ0) is 11.8. The summed E-state index contributed by atoms with van der Waals surface area (Å²) >= 11 is 2.12. The van der Waals surface area contributed by atoms with Crippen LogP contribution in [0.3, 0.4) is 0 Å². The van der Waals surface area contributed by atoms with Crippen LogP contribution in [0.1, 0.15) is 0 Å². The third kappa shape index (κ3) is 2.23. The lowest BCUT2D eigenvalue weighted by Crippen LogP contribution is -2.13. The zero-order valence-corrected chi connectivity index (χ0v) is 10.9. The first-order valence-corrected chi connectivity index (χ1v) is 6.81. The molecule has 0 unspecified atom stereocenters. The van der Waals surface area contributed by atoms with Gasteiger partial charge in [-0.2, -0.15) is 10.1 Å². The molecule has 2 aromatic rings. The Kier molecular flexibility index (Phi) is 2.95. The van der Waals surface area contributed by atoms with Gasteiger partial charge < -0.3 is 0 Å². The number of hydrogen-bond donors (Lipinski definition) is 2. The molecule has 0 fully saturated rings. The molecule has 1 aromatic heterocycles. The third-order valence-corrected chi connectivity index (χ3v) is 3.51. The molecule has 0 aliphatic heterocycles. The number of hydrogen-bond acceptors (Lipinski definition) is 4. The van der Waals surface area contributed by atoms with Gasteiger partial charge in [-0.15, -0.1) is 0 Å². The number of aromatic amines is 1. The average Bonchev–Trinajstić information content (AvgIpc) is 2.66. The van der Waals surface area contributed by atoms with E-state index in [1.165, 1.54) is 0 Å². The Balaban J connectivity index is 2.52. The van der Waals surface area contributed by atoms with E-state index in [4.69, 9.17) is 5.14 Å². The quantitative estimate of drug-likeness (QED) is 0.780. The number of benzene rings is 1. The van der Waals surface area contributed by atoms with Gasteiger partial charge >= 0.3 is 0 Å². The second kappa shape index (κ2) is 4.11. The first kappa shape index (κ1) is 11.5. The summed E-state index contributed by atoms with van der Waals surface area (Å²) in [5.41, 5.74) is 0.759. The van der Waals surface area contributed by atoms with E-state index in [1.807, 2.05) is 18.2 Å². The van der Waals surface area contributed by atoms with E-state index in [-0.39, 0.29) is 5.16 Å². The van der Waals surface area contributed by atoms with Gasteiger partial charge in [-0.25, -0.2) is 18.7 Å². The van der Waals surface area contributed by atoms with E-state index in [9.17, 15) is 8.42 Å². The van der Waals surface area contributed by atoms with Crippen LogP contribution >= 0.6 is 22.6 Å². The minimum absolute atomic E-state index is 0.314. The van der Waals surface area contributed by atoms with Crippen LogP contribution in [0.15, 0.2) is 29.4 Å². The number of nitrogens with two attached hydrogens (primary N) is 1. The summed E-state index contributed by atoms with van der Waals surface area (Å²) in [6.07, 6.45) is 0. The molecule has 0 atom stereocenters. The minimum Gasteiger partial charge on any atom is -0.248 e. The van der Waals surface area contributed by atoms with Crippen LogP contribution in [0.4, 0.5) is 0 Å². The Bertz CT molecular complexity index is 622. The number of sulfonamides is 1. The third-order valence-electron chi connectivity index (χ3n) is 1.85. The van der Waals surface area contributed by atoms with Crippen molar-refractivity contribution in [2.45, 2.75) is 5.16 Å². The van der Waals surface area contributed by atoms with Gasteiger partial charge in [-0.05, 0) is 28.7 Å². The van der Waals surface area contributed by atoms with Crippen molar-refractivity contribution in [3.05, 3.63) is 27.8 Å². The van der Waals surface area contributed by atoms with Crippen molar-refractivity contribution >= 4 is 32.6 Å². The second-order valence-electron chi connectivity index (χ2n) is 2.99. The normalized spacial score (nSPS) is 11.6. The molecule has 1 heterocycles. The molecule has 0 saturated heterocycles. The van der Waals surface area contributed by atoms with E-state index in [1.54, 1.807) is 6.07 Å². The standard InChI is InChI=1S/C8H7IN4O2S/c9-6-4-2-1-3-5(6)7-11-8(13-12-7)16(10,14)15/h1-4H,(H2,10,14,15)(H,11,12,13). The van der Waals surface area contributed by atoms with Gasteiger partial charge in [0.25, 0.3) is 15.2 Å². The number of nitrogens with zero attached hydrogens (tertiary/aromatic N) is 2. The average molecular weight is 350 g/mol. The van der Waals surface area contributed by atoms with Crippen molar-refractivity contribution < 1.29 is 8.42 Å². The number of H-pyrrole nitrogens is 1. The number of aromatic nitrogens is 3. The molecule has 6 nitrogen and oxygen atoms in total. The summed E-state index contributed by atoms with van der Waals surface area (Å²) in [5.74, 6) is 0.314. The fourth-order valence-corrected chi connectivity index (χ4v) is 2.15. The molecule has 0 aliphatic rings. The maximum absolute atomic E-state index is 11.0. The van der Waals surface area contributed by atoms with E-state index in [2.05, 4.69) is 37.8 Å². The Morgan fingerprint density at radius 1 is 1.31 bits per heavy atom. The molecular weight excluding hydrogens is 343 g/mol. The first-order chi connectivity index (χ1) is 7.48. The fourth-order valence-electron chi connectivity index (χ4n) is 1.14. The van der Waals surface area contributed by atoms with Gasteiger partial charge in [-0.1, -0.05) is 18.2 Å². The van der Waals surface area contributed by atoms with Gasteiger partial charge in [0, 0.05) is 9.13 Å². The van der Waals surface area contributed by atoms with E-state index in [0.717, 1.165) is 9.13 Å². The van der Waals surface area contributed by atoms with Gasteiger partial charge in [0.2, 0.25) is 0 Å². The lowest BCUT2D eigenvalue weighted by molar-refractivity contribution is 0.589. The van der Waals surface area contributed by atoms with Crippen LogP contribution in [-0.4, -0.2) is 23.6 Å². The number of rotatable bonds is 2. The molecule has 0 radical (unpaired) electrons. The van der Waals surface area contributed by atoms with Crippen molar-refractivity contribution in [1.82, 2.24) is 15.2 Å². The Hall–Kier alpha value is -1.00. The number of primary sulfonamides is 1. The molecule has 0 aliphatic carbocycles. The Morgan fingerprint density at radius 3 is 2.56 bits per heavy atom. The molecular formula is C8H7IN4O2S. The highest BCUT2D eigenvalue weighted by molar-refractivity contribution is 14.1. The Morgan fingerprint density at radius 2 is 2.00 bits per heavy atom. The van der Waals surface area contributed by atoms with Gasteiger partial charge in [0.15, 0.2) is 5.82 Å². The summed E-state index contributed by atoms with van der Waals surface area (Å²) < 4.78 is 22.9. The highest BCUT2D eigenvalue weighted by Crippen LogP contribution is 2.21. The molecule has 0 bridgehead atoms. The SMILES string of the molecule is NS(=O)(=O)c1nc(-c2ccccc2I)n[nH]1. The van der Waals surface area contributed by atoms with Crippen molar-refractivity contribution in [2.75, 3.05) is 0 Å². The topological polar surface area (TPSA) is 102 Å². The molecule has 0 saturated carbocycles. The van der Waals surface area contributed by atoms with Crippen LogP contribution in [0.25, 0.3) is 11.4 Å². The second-order valence-corrected chi connectivity index (χ2v) is 5.63. The molecule has 0 amide bonds. The van der Waals surface area contributed by atoms with Crippen LogP contribution in [-0.2, 0) is 10.0 Å². The van der Waals surface area contributed by atoms with Crippen LogP contribution < -0.4 is 5.14 Å². The molecule has 0 spiro atoms. The van der Waals surface area contributed by atoms with Crippen LogP contribution in [0.2, 0.25) is 0 Å². The smallest absolute Gasteiger partial charge is 0.248 e. The molecule has 84 valence electrons. The summed E-state index contributed by atoms with van der Waals surface area (Å²) in [5, 5.41) is 10.7. The molecule has 8 heteroatoms. The maximum Gasteiger partial charge on any atom is 0.273 e. The number of halogens is 1. The van der Waals surface area contributed by atoms with E-state index >= 15 is 0 Å². The predicted octanol–water partition coefficient (Wildman–Crippen LogP) is 0.724. The monoisotopic (exact) mass is 350 g/mol. The van der Waals surface area contributed by atoms with Crippen LogP contribution in [0, 0.1) is 3.57 Å². The van der Waals surface area contributed by atoms with Gasteiger partial charge in [0.05, 0.1) is 0 Å². The first-order valence-electron chi connectivity index (χ1n) is 4.18. The summed E-state index contributed by atoms with van der Waals surface area (Å²) in [7, 11) is -3.83. The highest BCUT2D eigenvalue weighted by Gasteiger charge is 2.15. The minimum atomic E-state index is -3.83. The number of nitrogens with one attached hydrogen (secondary N) is 1. The Labute approximate surface area is 105 Å². The summed E-state index contributed by atoms with van der Waals surface area (Å²) in [6.45, 7) is 0. The lowest BCUT2D eigenvalue weighted by Gasteiger charge is -1.97. The van der Waals surface area contributed by atoms with Crippen molar-refractivity contribution in [3.63, 3.8) is 0 Å². The van der Waals surface area contributed by atoms with E-state index in [0.29, 0.717) is 5.82 Å². The summed E-state index contributed by atoms with van der Waals surface area (Å²) in [4.78, 5) is 3.83. The molecule has 1 aromatic carbocycles. The van der Waals surface area contributed by atoms with Gasteiger partial charge in [-0.3, -0.25) is 0 Å². The van der Waals surface area contributed by atoms with E-state index < -0.39 is 10.0 Å². The fraction of sp³-hybridized carbons (Fsp3) is 0. The predicted molar refractivity (Wildman–Crippen MR) is 65.9 cm³/mol. The zero-order valence-electron chi connectivity index (χ0n) is 7.88.